The third-order valence-corrected chi connectivity index (χ3v) is 5.84. The molecule has 1 N–H and O–H groups in total. The van der Waals surface area contributed by atoms with Crippen LogP contribution < -0.4 is 14.8 Å². The lowest BCUT2D eigenvalue weighted by Gasteiger charge is -2.23. The van der Waals surface area contributed by atoms with Gasteiger partial charge in [0, 0.05) is 11.3 Å². The molecule has 9 heteroatoms. The summed E-state index contributed by atoms with van der Waals surface area (Å²) < 4.78 is 17.2. The molecule has 2 aliphatic rings. The van der Waals surface area contributed by atoms with Crippen molar-refractivity contribution >= 4 is 29.1 Å². The van der Waals surface area contributed by atoms with E-state index in [4.69, 9.17) is 13.9 Å². The van der Waals surface area contributed by atoms with Crippen LogP contribution >= 0.6 is 11.8 Å². The average molecular weight is 423 g/mol. The van der Waals surface area contributed by atoms with Crippen molar-refractivity contribution in [2.75, 3.05) is 17.7 Å². The Balaban J connectivity index is 1.23. The summed E-state index contributed by atoms with van der Waals surface area (Å²) in [6.45, 7) is 2.09. The van der Waals surface area contributed by atoms with Gasteiger partial charge in [-0.15, -0.1) is 10.2 Å². The van der Waals surface area contributed by atoms with Gasteiger partial charge in [-0.2, -0.15) is 0 Å². The number of nitrogens with zero attached hydrogens (tertiary/aromatic N) is 2. The number of ketones is 1. The average Bonchev–Trinajstić information content (AvgIpc) is 3.36. The molecule has 0 bridgehead atoms. The summed E-state index contributed by atoms with van der Waals surface area (Å²) in [6, 6.07) is 12.6. The number of thioether (sulfide) groups is 1. The van der Waals surface area contributed by atoms with E-state index in [0.717, 1.165) is 23.0 Å². The van der Waals surface area contributed by atoms with E-state index in [0.29, 0.717) is 23.0 Å². The first-order valence-corrected chi connectivity index (χ1v) is 10.4. The molecule has 3 aromatic rings. The van der Waals surface area contributed by atoms with Gasteiger partial charge >= 0.3 is 0 Å². The predicted molar refractivity (Wildman–Crippen MR) is 108 cm³/mol. The van der Waals surface area contributed by atoms with Crippen molar-refractivity contribution in [3.8, 4) is 11.5 Å². The van der Waals surface area contributed by atoms with Crippen molar-refractivity contribution in [3.05, 3.63) is 59.5 Å². The minimum atomic E-state index is -0.499. The highest BCUT2D eigenvalue weighted by Gasteiger charge is 2.29. The molecule has 3 heterocycles. The quantitative estimate of drug-likeness (QED) is 0.490. The van der Waals surface area contributed by atoms with Crippen LogP contribution in [0.3, 0.4) is 0 Å². The zero-order chi connectivity index (χ0) is 20.7. The molecule has 0 aliphatic carbocycles. The van der Waals surface area contributed by atoms with Crippen LogP contribution in [0.25, 0.3) is 0 Å². The van der Waals surface area contributed by atoms with Gasteiger partial charge in [-0.05, 0) is 42.8 Å². The van der Waals surface area contributed by atoms with E-state index >= 15 is 0 Å². The minimum absolute atomic E-state index is 0.0566. The standard InChI is InChI=1S/C21H17N3O5S/c1-11-13-8-12(6-7-14(13)22-19(11)26)15(25)10-30-21-24-23-20(29-21)18-9-27-16-4-2-3-5-17(16)28-18/h2-8,11,18H,9-10H2,1H3,(H,22,26)/t11-,18-/m0/s1. The molecule has 2 atom stereocenters. The lowest BCUT2D eigenvalue weighted by molar-refractivity contribution is -0.116. The van der Waals surface area contributed by atoms with Gasteiger partial charge in [0.15, 0.2) is 17.3 Å². The molecular formula is C21H17N3O5S. The van der Waals surface area contributed by atoms with Gasteiger partial charge in [-0.1, -0.05) is 23.9 Å². The number of rotatable bonds is 5. The number of hydrogen-bond donors (Lipinski definition) is 1. The normalized spacial score (nSPS) is 19.3. The van der Waals surface area contributed by atoms with E-state index in [1.807, 2.05) is 31.2 Å². The van der Waals surface area contributed by atoms with Crippen LogP contribution in [0.2, 0.25) is 0 Å². The Bertz CT molecular complexity index is 1150. The van der Waals surface area contributed by atoms with Crippen molar-refractivity contribution in [3.63, 3.8) is 0 Å². The van der Waals surface area contributed by atoms with Crippen molar-refractivity contribution in [2.45, 2.75) is 24.2 Å². The number of para-hydroxylation sites is 2. The maximum absolute atomic E-state index is 12.6. The van der Waals surface area contributed by atoms with Gasteiger partial charge < -0.3 is 19.2 Å². The zero-order valence-electron chi connectivity index (χ0n) is 16.0. The van der Waals surface area contributed by atoms with Gasteiger partial charge in [0.2, 0.25) is 12.0 Å². The molecule has 0 saturated carbocycles. The third kappa shape index (κ3) is 3.41. The summed E-state index contributed by atoms with van der Waals surface area (Å²) in [6.07, 6.45) is -0.499. The molecule has 5 rings (SSSR count). The number of nitrogens with one attached hydrogen (secondary N) is 1. The Labute approximate surface area is 176 Å². The highest BCUT2D eigenvalue weighted by atomic mass is 32.2. The number of amides is 1. The van der Waals surface area contributed by atoms with Crippen LogP contribution in [0.5, 0.6) is 11.5 Å². The molecule has 0 fully saturated rings. The molecule has 2 aliphatic heterocycles. The van der Waals surface area contributed by atoms with Crippen LogP contribution in [0, 0.1) is 0 Å². The Kier molecular flexibility index (Phi) is 4.66. The van der Waals surface area contributed by atoms with E-state index in [2.05, 4.69) is 15.5 Å². The topological polar surface area (TPSA) is 104 Å². The Morgan fingerprint density at radius 2 is 2.03 bits per heavy atom. The largest absolute Gasteiger partial charge is 0.485 e. The molecule has 1 amide bonds. The first kappa shape index (κ1) is 18.7. The van der Waals surface area contributed by atoms with Crippen molar-refractivity contribution in [2.24, 2.45) is 0 Å². The lowest BCUT2D eigenvalue weighted by Crippen LogP contribution is -2.21. The molecule has 0 radical (unpaired) electrons. The molecule has 0 spiro atoms. The van der Waals surface area contributed by atoms with E-state index in [-0.39, 0.29) is 35.2 Å². The number of carbonyl (C=O) groups is 2. The van der Waals surface area contributed by atoms with Crippen LogP contribution in [-0.4, -0.2) is 34.2 Å². The number of ether oxygens (including phenoxy) is 2. The third-order valence-electron chi connectivity index (χ3n) is 5.02. The van der Waals surface area contributed by atoms with Crippen molar-refractivity contribution in [1.82, 2.24) is 10.2 Å². The van der Waals surface area contributed by atoms with Crippen molar-refractivity contribution in [1.29, 1.82) is 0 Å². The maximum Gasteiger partial charge on any atom is 0.277 e. The second-order valence-electron chi connectivity index (χ2n) is 7.00. The number of Topliss-reactive ketones (excluding diaryl/α,β-unsaturated/α-hetero) is 1. The lowest BCUT2D eigenvalue weighted by atomic mass is 9.99. The number of fused-ring (bicyclic) bond motifs is 2. The summed E-state index contributed by atoms with van der Waals surface area (Å²) in [7, 11) is 0. The van der Waals surface area contributed by atoms with Crippen molar-refractivity contribution < 1.29 is 23.5 Å². The zero-order valence-corrected chi connectivity index (χ0v) is 16.8. The summed E-state index contributed by atoms with van der Waals surface area (Å²) in [5.41, 5.74) is 2.14. The molecule has 1 aromatic heterocycles. The van der Waals surface area contributed by atoms with Gasteiger partial charge in [0.05, 0.1) is 11.7 Å². The summed E-state index contributed by atoms with van der Waals surface area (Å²) >= 11 is 1.16. The van der Waals surface area contributed by atoms with Gasteiger partial charge in [0.1, 0.15) is 6.61 Å². The summed E-state index contributed by atoms with van der Waals surface area (Å²) in [4.78, 5) is 24.4. The summed E-state index contributed by atoms with van der Waals surface area (Å²) in [5, 5.41) is 11.1. The fraction of sp³-hybridized carbons (Fsp3) is 0.238. The molecule has 8 nitrogen and oxygen atoms in total. The second kappa shape index (κ2) is 7.49. The first-order chi connectivity index (χ1) is 14.6. The fourth-order valence-corrected chi connectivity index (χ4v) is 4.02. The number of carbonyl (C=O) groups excluding carboxylic acids is 2. The first-order valence-electron chi connectivity index (χ1n) is 9.41. The molecule has 0 unspecified atom stereocenters. The number of aromatic nitrogens is 2. The molecule has 0 saturated heterocycles. The molecule has 152 valence electrons. The molecular weight excluding hydrogens is 406 g/mol. The SMILES string of the molecule is C[C@@H]1C(=O)Nc2ccc(C(=O)CSc3nnc([C@@H]4COc5ccccc5O4)o3)cc21. The van der Waals surface area contributed by atoms with Gasteiger partial charge in [0.25, 0.3) is 11.1 Å². The maximum atomic E-state index is 12.6. The van der Waals surface area contributed by atoms with E-state index < -0.39 is 6.10 Å². The fourth-order valence-electron chi connectivity index (χ4n) is 3.35. The Morgan fingerprint density at radius 1 is 1.20 bits per heavy atom. The van der Waals surface area contributed by atoms with E-state index in [1.165, 1.54) is 0 Å². The van der Waals surface area contributed by atoms with Gasteiger partial charge in [-0.3, -0.25) is 9.59 Å². The monoisotopic (exact) mass is 423 g/mol. The second-order valence-corrected chi connectivity index (χ2v) is 7.92. The highest BCUT2D eigenvalue weighted by molar-refractivity contribution is 7.99. The van der Waals surface area contributed by atoms with E-state index in [9.17, 15) is 9.59 Å². The van der Waals surface area contributed by atoms with Crippen LogP contribution in [-0.2, 0) is 4.79 Å². The van der Waals surface area contributed by atoms with E-state index in [1.54, 1.807) is 18.2 Å². The summed E-state index contributed by atoms with van der Waals surface area (Å²) in [5.74, 6) is 1.33. The minimum Gasteiger partial charge on any atom is -0.485 e. The number of anilines is 1. The number of benzene rings is 2. The van der Waals surface area contributed by atoms with Crippen LogP contribution in [0.1, 0.15) is 40.8 Å². The number of hydrogen-bond acceptors (Lipinski definition) is 8. The molecule has 30 heavy (non-hydrogen) atoms. The predicted octanol–water partition coefficient (Wildman–Crippen LogP) is 3.61. The van der Waals surface area contributed by atoms with Crippen LogP contribution in [0.15, 0.2) is 52.1 Å². The van der Waals surface area contributed by atoms with Crippen LogP contribution in [0.4, 0.5) is 5.69 Å². The Morgan fingerprint density at radius 3 is 2.90 bits per heavy atom. The smallest absolute Gasteiger partial charge is 0.277 e. The van der Waals surface area contributed by atoms with Gasteiger partial charge in [-0.25, -0.2) is 0 Å². The Hall–Kier alpha value is -3.33. The molecule has 2 aromatic carbocycles. The highest BCUT2D eigenvalue weighted by Crippen LogP contribution is 2.36.